The highest BCUT2D eigenvalue weighted by molar-refractivity contribution is 4.73. The molecule has 2 N–H and O–H groups in total. The highest BCUT2D eigenvalue weighted by atomic mass is 16.3. The minimum atomic E-state index is -0.428. The lowest BCUT2D eigenvalue weighted by Gasteiger charge is -2.08. The fourth-order valence-electron chi connectivity index (χ4n) is 0.682. The predicted octanol–water partition coefficient (Wildman–Crippen LogP) is 0.694. The molecular weight excluding hydrogens is 116 g/mol. The average Bonchev–Trinajstić information content (AvgIpc) is 1.63. The van der Waals surface area contributed by atoms with Gasteiger partial charge in [0.15, 0.2) is 0 Å². The standard InChI is InChI=1S/C7H14O2/c1-3-4-7(9)5-6(2)8/h3,6-9H,1,4-5H2,2H3. The molecule has 9 heavy (non-hydrogen) atoms. The quantitative estimate of drug-likeness (QED) is 0.550. The van der Waals surface area contributed by atoms with Gasteiger partial charge in [0.25, 0.3) is 0 Å². The van der Waals surface area contributed by atoms with Crippen molar-refractivity contribution < 1.29 is 10.2 Å². The lowest BCUT2D eigenvalue weighted by Crippen LogP contribution is -2.13. The first-order valence-electron chi connectivity index (χ1n) is 3.13. The van der Waals surface area contributed by atoms with E-state index in [-0.39, 0.29) is 0 Å². The lowest BCUT2D eigenvalue weighted by atomic mass is 10.1. The minimum absolute atomic E-state index is 0.417. The van der Waals surface area contributed by atoms with Gasteiger partial charge < -0.3 is 10.2 Å². The molecule has 2 heteroatoms. The Morgan fingerprint density at radius 3 is 2.44 bits per heavy atom. The second-order valence-electron chi connectivity index (χ2n) is 2.26. The zero-order valence-corrected chi connectivity index (χ0v) is 5.75. The molecule has 0 saturated carbocycles. The van der Waals surface area contributed by atoms with Gasteiger partial charge in [-0.05, 0) is 19.8 Å². The van der Waals surface area contributed by atoms with Crippen molar-refractivity contribution in [2.45, 2.75) is 32.0 Å². The summed E-state index contributed by atoms with van der Waals surface area (Å²) < 4.78 is 0. The van der Waals surface area contributed by atoms with Crippen molar-refractivity contribution in [3.63, 3.8) is 0 Å². The second-order valence-corrected chi connectivity index (χ2v) is 2.26. The van der Waals surface area contributed by atoms with E-state index in [2.05, 4.69) is 6.58 Å². The highest BCUT2D eigenvalue weighted by Crippen LogP contribution is 2.01. The molecule has 0 aliphatic carbocycles. The van der Waals surface area contributed by atoms with Gasteiger partial charge in [0.2, 0.25) is 0 Å². The third kappa shape index (κ3) is 5.53. The molecule has 0 amide bonds. The zero-order chi connectivity index (χ0) is 7.28. The van der Waals surface area contributed by atoms with Crippen LogP contribution in [0, 0.1) is 0 Å². The lowest BCUT2D eigenvalue weighted by molar-refractivity contribution is 0.0925. The van der Waals surface area contributed by atoms with Gasteiger partial charge in [-0.15, -0.1) is 6.58 Å². The molecule has 0 aromatic rings. The van der Waals surface area contributed by atoms with Crippen molar-refractivity contribution in [1.82, 2.24) is 0 Å². The summed E-state index contributed by atoms with van der Waals surface area (Å²) in [6.07, 6.45) is 1.80. The molecule has 2 unspecified atom stereocenters. The Labute approximate surface area is 55.8 Å². The molecule has 0 aliphatic heterocycles. The van der Waals surface area contributed by atoms with Crippen LogP contribution < -0.4 is 0 Å². The molecule has 0 aliphatic rings. The van der Waals surface area contributed by atoms with Gasteiger partial charge >= 0.3 is 0 Å². The predicted molar refractivity (Wildman–Crippen MR) is 37.1 cm³/mol. The van der Waals surface area contributed by atoms with Gasteiger partial charge in [-0.25, -0.2) is 0 Å². The van der Waals surface area contributed by atoms with E-state index in [0.717, 1.165) is 0 Å². The van der Waals surface area contributed by atoms with Crippen molar-refractivity contribution in [2.75, 3.05) is 0 Å². The van der Waals surface area contributed by atoms with Crippen LogP contribution in [0.2, 0.25) is 0 Å². The fourth-order valence-corrected chi connectivity index (χ4v) is 0.682. The van der Waals surface area contributed by atoms with E-state index in [0.29, 0.717) is 12.8 Å². The molecule has 0 fully saturated rings. The molecule has 0 bridgehead atoms. The van der Waals surface area contributed by atoms with Gasteiger partial charge in [0, 0.05) is 0 Å². The Bertz CT molecular complexity index is 79.0. The van der Waals surface area contributed by atoms with E-state index in [4.69, 9.17) is 10.2 Å². The molecule has 0 rings (SSSR count). The van der Waals surface area contributed by atoms with Crippen molar-refractivity contribution >= 4 is 0 Å². The van der Waals surface area contributed by atoms with E-state index in [1.165, 1.54) is 0 Å². The van der Waals surface area contributed by atoms with Gasteiger partial charge in [-0.3, -0.25) is 0 Å². The maximum absolute atomic E-state index is 8.99. The number of aliphatic hydroxyl groups excluding tert-OH is 2. The topological polar surface area (TPSA) is 40.5 Å². The summed E-state index contributed by atoms with van der Waals surface area (Å²) >= 11 is 0. The molecule has 2 nitrogen and oxygen atoms in total. The summed E-state index contributed by atoms with van der Waals surface area (Å²) in [4.78, 5) is 0. The molecule has 0 radical (unpaired) electrons. The van der Waals surface area contributed by atoms with Crippen LogP contribution in [0.4, 0.5) is 0 Å². The van der Waals surface area contributed by atoms with Gasteiger partial charge in [0.05, 0.1) is 12.2 Å². The average molecular weight is 130 g/mol. The van der Waals surface area contributed by atoms with E-state index >= 15 is 0 Å². The van der Waals surface area contributed by atoms with Crippen LogP contribution in [0.15, 0.2) is 12.7 Å². The van der Waals surface area contributed by atoms with E-state index in [1.807, 2.05) is 0 Å². The number of hydrogen-bond donors (Lipinski definition) is 2. The summed E-state index contributed by atoms with van der Waals surface area (Å²) in [5.74, 6) is 0. The van der Waals surface area contributed by atoms with Crippen LogP contribution in [0.1, 0.15) is 19.8 Å². The minimum Gasteiger partial charge on any atom is -0.393 e. The summed E-state index contributed by atoms with van der Waals surface area (Å²) in [7, 11) is 0. The van der Waals surface area contributed by atoms with Crippen LogP contribution in [0.25, 0.3) is 0 Å². The molecule has 0 aromatic carbocycles. The normalized spacial score (nSPS) is 16.8. The monoisotopic (exact) mass is 130 g/mol. The summed E-state index contributed by atoms with van der Waals surface area (Å²) in [6.45, 7) is 5.13. The fraction of sp³-hybridized carbons (Fsp3) is 0.714. The van der Waals surface area contributed by atoms with E-state index in [1.54, 1.807) is 13.0 Å². The largest absolute Gasteiger partial charge is 0.393 e. The first-order chi connectivity index (χ1) is 4.16. The smallest absolute Gasteiger partial charge is 0.0599 e. The Balaban J connectivity index is 3.25. The van der Waals surface area contributed by atoms with E-state index < -0.39 is 12.2 Å². The maximum Gasteiger partial charge on any atom is 0.0599 e. The van der Waals surface area contributed by atoms with Crippen molar-refractivity contribution in [2.24, 2.45) is 0 Å². The van der Waals surface area contributed by atoms with Crippen LogP contribution in [-0.4, -0.2) is 22.4 Å². The maximum atomic E-state index is 8.99. The van der Waals surface area contributed by atoms with Crippen LogP contribution in [0.5, 0.6) is 0 Å². The molecule has 0 saturated heterocycles. The van der Waals surface area contributed by atoms with Crippen molar-refractivity contribution in [3.05, 3.63) is 12.7 Å². The third-order valence-electron chi connectivity index (χ3n) is 1.05. The number of rotatable bonds is 4. The third-order valence-corrected chi connectivity index (χ3v) is 1.05. The molecule has 54 valence electrons. The molecular formula is C7H14O2. The van der Waals surface area contributed by atoms with Crippen molar-refractivity contribution in [1.29, 1.82) is 0 Å². The Morgan fingerprint density at radius 1 is 1.56 bits per heavy atom. The summed E-state index contributed by atoms with van der Waals surface area (Å²) in [5.41, 5.74) is 0. The van der Waals surface area contributed by atoms with Crippen molar-refractivity contribution in [3.8, 4) is 0 Å². The Hall–Kier alpha value is -0.340. The van der Waals surface area contributed by atoms with E-state index in [9.17, 15) is 0 Å². The number of aliphatic hydroxyl groups is 2. The summed E-state index contributed by atoms with van der Waals surface area (Å²) in [6, 6.07) is 0. The molecule has 2 atom stereocenters. The second kappa shape index (κ2) is 4.53. The van der Waals surface area contributed by atoms with Gasteiger partial charge in [-0.2, -0.15) is 0 Å². The SMILES string of the molecule is C=CCC(O)CC(C)O. The molecule has 0 aromatic heterocycles. The molecule has 0 spiro atoms. The highest BCUT2D eigenvalue weighted by Gasteiger charge is 2.04. The number of hydrogen-bond acceptors (Lipinski definition) is 2. The Morgan fingerprint density at radius 2 is 2.11 bits per heavy atom. The van der Waals surface area contributed by atoms with Gasteiger partial charge in [-0.1, -0.05) is 6.08 Å². The first-order valence-corrected chi connectivity index (χ1v) is 3.13. The Kier molecular flexibility index (Phi) is 4.36. The summed E-state index contributed by atoms with van der Waals surface area (Å²) in [5, 5.41) is 17.7. The van der Waals surface area contributed by atoms with Crippen LogP contribution in [0.3, 0.4) is 0 Å². The first kappa shape index (κ1) is 8.66. The molecule has 0 heterocycles. The van der Waals surface area contributed by atoms with Crippen LogP contribution >= 0.6 is 0 Å². The van der Waals surface area contributed by atoms with Crippen LogP contribution in [-0.2, 0) is 0 Å². The van der Waals surface area contributed by atoms with Gasteiger partial charge in [0.1, 0.15) is 0 Å². The zero-order valence-electron chi connectivity index (χ0n) is 5.75.